The van der Waals surface area contributed by atoms with Crippen LogP contribution in [0.3, 0.4) is 0 Å². The van der Waals surface area contributed by atoms with E-state index in [1.165, 1.54) is 0 Å². The van der Waals surface area contributed by atoms with Crippen LogP contribution in [0.15, 0.2) is 0 Å². The van der Waals surface area contributed by atoms with Crippen LogP contribution in [-0.4, -0.2) is 22.6 Å². The van der Waals surface area contributed by atoms with Crippen LogP contribution >= 0.6 is 0 Å². The summed E-state index contributed by atoms with van der Waals surface area (Å²) in [7, 11) is 0. The molecule has 84 valence electrons. The van der Waals surface area contributed by atoms with Crippen LogP contribution in [0.2, 0.25) is 0 Å². The Morgan fingerprint density at radius 1 is 1.60 bits per heavy atom. The van der Waals surface area contributed by atoms with E-state index in [1.807, 2.05) is 13.8 Å². The van der Waals surface area contributed by atoms with Crippen LogP contribution < -0.4 is 0 Å². The van der Waals surface area contributed by atoms with E-state index in [1.54, 1.807) is 0 Å². The molecule has 0 bridgehead atoms. The highest BCUT2D eigenvalue weighted by Gasteiger charge is 2.62. The number of fused-ring (bicyclic) bond motifs is 1. The molecule has 1 saturated carbocycles. The maximum atomic E-state index is 11.3. The van der Waals surface area contributed by atoms with Crippen molar-refractivity contribution in [2.45, 2.75) is 45.1 Å². The SMILES string of the molecule is C[C@@]12CC(=O)O[C@@]1(C)CC[C@@H]2CC(=O)O. The molecule has 4 nitrogen and oxygen atoms in total. The predicted molar refractivity (Wildman–Crippen MR) is 52.2 cm³/mol. The fourth-order valence-electron chi connectivity index (χ4n) is 3.11. The summed E-state index contributed by atoms with van der Waals surface area (Å²) >= 11 is 0. The second kappa shape index (κ2) is 2.97. The van der Waals surface area contributed by atoms with Gasteiger partial charge in [-0.05, 0) is 25.7 Å². The van der Waals surface area contributed by atoms with Gasteiger partial charge in [0.1, 0.15) is 5.60 Å². The molecule has 2 fully saturated rings. The summed E-state index contributed by atoms with van der Waals surface area (Å²) in [4.78, 5) is 22.1. The number of carbonyl (C=O) groups is 2. The number of ether oxygens (including phenoxy) is 1. The van der Waals surface area contributed by atoms with Gasteiger partial charge in [0, 0.05) is 11.8 Å². The molecule has 3 atom stereocenters. The van der Waals surface area contributed by atoms with Crippen LogP contribution in [0, 0.1) is 11.3 Å². The third-order valence-electron chi connectivity index (χ3n) is 4.35. The molecule has 1 saturated heterocycles. The average molecular weight is 212 g/mol. The minimum absolute atomic E-state index is 0.0615. The minimum Gasteiger partial charge on any atom is -0.481 e. The molecule has 1 aliphatic carbocycles. The summed E-state index contributed by atoms with van der Waals surface area (Å²) in [5.74, 6) is -0.911. The molecule has 0 aromatic heterocycles. The summed E-state index contributed by atoms with van der Waals surface area (Å²) in [5.41, 5.74) is -0.729. The van der Waals surface area contributed by atoms with E-state index in [0.717, 1.165) is 12.8 Å². The number of carboxylic acids is 1. The smallest absolute Gasteiger partial charge is 0.307 e. The quantitative estimate of drug-likeness (QED) is 0.706. The van der Waals surface area contributed by atoms with Crippen molar-refractivity contribution >= 4 is 11.9 Å². The molecule has 0 radical (unpaired) electrons. The molecule has 1 N–H and O–H groups in total. The van der Waals surface area contributed by atoms with Crippen molar-refractivity contribution in [3.63, 3.8) is 0 Å². The first-order chi connectivity index (χ1) is 6.87. The van der Waals surface area contributed by atoms with Gasteiger partial charge < -0.3 is 9.84 Å². The minimum atomic E-state index is -0.787. The van der Waals surface area contributed by atoms with Gasteiger partial charge in [0.05, 0.1) is 6.42 Å². The summed E-state index contributed by atoms with van der Waals surface area (Å²) < 4.78 is 5.36. The molecule has 15 heavy (non-hydrogen) atoms. The molecule has 1 heterocycles. The lowest BCUT2D eigenvalue weighted by Crippen LogP contribution is -2.39. The van der Waals surface area contributed by atoms with Crippen LogP contribution in [0.25, 0.3) is 0 Å². The van der Waals surface area contributed by atoms with E-state index >= 15 is 0 Å². The van der Waals surface area contributed by atoms with Crippen molar-refractivity contribution in [2.75, 3.05) is 0 Å². The first kappa shape index (κ1) is 10.5. The lowest BCUT2D eigenvalue weighted by molar-refractivity contribution is -0.148. The summed E-state index contributed by atoms with van der Waals surface area (Å²) in [6.45, 7) is 3.91. The Hall–Kier alpha value is -1.06. The normalized spacial score (nSPS) is 43.9. The maximum absolute atomic E-state index is 11.3. The molecule has 4 heteroatoms. The zero-order valence-electron chi connectivity index (χ0n) is 9.08. The topological polar surface area (TPSA) is 63.6 Å². The predicted octanol–water partition coefficient (Wildman–Crippen LogP) is 1.58. The Kier molecular flexibility index (Phi) is 2.07. The fraction of sp³-hybridized carbons (Fsp3) is 0.818. The number of aliphatic carboxylic acids is 1. The standard InChI is InChI=1S/C11H16O4/c1-10-6-9(14)15-11(10,2)4-3-7(10)5-8(12)13/h7H,3-6H2,1-2H3,(H,12,13)/t7-,10+,11+/m1/s1. The molecule has 0 aromatic rings. The fourth-order valence-corrected chi connectivity index (χ4v) is 3.11. The Morgan fingerprint density at radius 3 is 2.87 bits per heavy atom. The summed E-state index contributed by atoms with van der Waals surface area (Å²) in [6.07, 6.45) is 2.13. The van der Waals surface area contributed by atoms with Crippen LogP contribution in [0.4, 0.5) is 0 Å². The average Bonchev–Trinajstić information content (AvgIpc) is 2.42. The van der Waals surface area contributed by atoms with Gasteiger partial charge >= 0.3 is 11.9 Å². The first-order valence-electron chi connectivity index (χ1n) is 5.31. The van der Waals surface area contributed by atoms with E-state index in [9.17, 15) is 9.59 Å². The summed E-state index contributed by atoms with van der Waals surface area (Å²) in [6, 6.07) is 0. The maximum Gasteiger partial charge on any atom is 0.307 e. The monoisotopic (exact) mass is 212 g/mol. The number of esters is 1. The Balaban J connectivity index is 2.25. The van der Waals surface area contributed by atoms with Gasteiger partial charge in [-0.25, -0.2) is 0 Å². The first-order valence-corrected chi connectivity index (χ1v) is 5.31. The zero-order valence-corrected chi connectivity index (χ0v) is 9.08. The van der Waals surface area contributed by atoms with Gasteiger partial charge in [0.15, 0.2) is 0 Å². The molecular formula is C11H16O4. The van der Waals surface area contributed by atoms with Crippen molar-refractivity contribution in [1.82, 2.24) is 0 Å². The Bertz CT molecular complexity index is 325. The van der Waals surface area contributed by atoms with Crippen molar-refractivity contribution in [3.8, 4) is 0 Å². The number of hydrogen-bond acceptors (Lipinski definition) is 3. The highest BCUT2D eigenvalue weighted by molar-refractivity contribution is 5.75. The van der Waals surface area contributed by atoms with Gasteiger partial charge in [-0.15, -0.1) is 0 Å². The number of carbonyl (C=O) groups excluding carboxylic acids is 1. The second-order valence-electron chi connectivity index (χ2n) is 5.13. The molecule has 1 aliphatic heterocycles. The largest absolute Gasteiger partial charge is 0.481 e. The van der Waals surface area contributed by atoms with E-state index in [4.69, 9.17) is 9.84 Å². The highest BCUT2D eigenvalue weighted by Crippen LogP contribution is 2.59. The highest BCUT2D eigenvalue weighted by atomic mass is 16.6. The lowest BCUT2D eigenvalue weighted by Gasteiger charge is -2.35. The Labute approximate surface area is 88.6 Å². The molecule has 2 rings (SSSR count). The summed E-state index contributed by atoms with van der Waals surface area (Å²) in [5, 5.41) is 8.83. The van der Waals surface area contributed by atoms with E-state index in [0.29, 0.717) is 6.42 Å². The van der Waals surface area contributed by atoms with Gasteiger partial charge in [-0.2, -0.15) is 0 Å². The molecule has 0 amide bonds. The number of rotatable bonds is 2. The third-order valence-corrected chi connectivity index (χ3v) is 4.35. The van der Waals surface area contributed by atoms with Gasteiger partial charge in [0.25, 0.3) is 0 Å². The third kappa shape index (κ3) is 1.34. The van der Waals surface area contributed by atoms with Gasteiger partial charge in [0.2, 0.25) is 0 Å². The Morgan fingerprint density at radius 2 is 2.27 bits per heavy atom. The van der Waals surface area contributed by atoms with E-state index in [2.05, 4.69) is 0 Å². The molecular weight excluding hydrogens is 196 g/mol. The van der Waals surface area contributed by atoms with Crippen LogP contribution in [0.1, 0.15) is 39.5 Å². The number of hydrogen-bond donors (Lipinski definition) is 1. The molecule has 0 spiro atoms. The van der Waals surface area contributed by atoms with Gasteiger partial charge in [-0.3, -0.25) is 9.59 Å². The molecule has 2 aliphatic rings. The van der Waals surface area contributed by atoms with Crippen molar-refractivity contribution in [3.05, 3.63) is 0 Å². The molecule has 0 unspecified atom stereocenters. The van der Waals surface area contributed by atoms with Crippen LogP contribution in [0.5, 0.6) is 0 Å². The van der Waals surface area contributed by atoms with Crippen molar-refractivity contribution < 1.29 is 19.4 Å². The lowest BCUT2D eigenvalue weighted by atomic mass is 9.70. The second-order valence-corrected chi connectivity index (χ2v) is 5.13. The van der Waals surface area contributed by atoms with E-state index in [-0.39, 0.29) is 23.7 Å². The van der Waals surface area contributed by atoms with Crippen molar-refractivity contribution in [2.24, 2.45) is 11.3 Å². The van der Waals surface area contributed by atoms with Crippen LogP contribution in [-0.2, 0) is 14.3 Å². The number of carboxylic acid groups (broad SMARTS) is 1. The van der Waals surface area contributed by atoms with Gasteiger partial charge in [-0.1, -0.05) is 6.92 Å². The van der Waals surface area contributed by atoms with E-state index < -0.39 is 11.6 Å². The zero-order chi connectivity index (χ0) is 11.3. The van der Waals surface area contributed by atoms with Crippen molar-refractivity contribution in [1.29, 1.82) is 0 Å². The molecule has 0 aromatic carbocycles.